The highest BCUT2D eigenvalue weighted by molar-refractivity contribution is 5.36. The minimum atomic E-state index is 0.304. The molecule has 0 bridgehead atoms. The molecular formula is C16H27NO2. The zero-order valence-electron chi connectivity index (χ0n) is 12.8. The summed E-state index contributed by atoms with van der Waals surface area (Å²) in [5.74, 6) is 2.10. The standard InChI is InChI=1S/C16H27NO2/c1-12(2)13(3)16(17-4)14-8-6-7-9-15(14)19-11-10-18-5/h6-9,12-13,16-17H,10-11H2,1-5H3. The van der Waals surface area contributed by atoms with Crippen LogP contribution in [0.1, 0.15) is 32.4 Å². The first kappa shape index (κ1) is 16.0. The van der Waals surface area contributed by atoms with Crippen LogP contribution in [-0.2, 0) is 4.74 Å². The predicted molar refractivity (Wildman–Crippen MR) is 79.6 cm³/mol. The van der Waals surface area contributed by atoms with E-state index in [1.54, 1.807) is 7.11 Å². The number of para-hydroxylation sites is 1. The van der Waals surface area contributed by atoms with Crippen molar-refractivity contribution in [1.82, 2.24) is 5.32 Å². The van der Waals surface area contributed by atoms with E-state index in [1.807, 2.05) is 19.2 Å². The first-order chi connectivity index (χ1) is 9.11. The summed E-state index contributed by atoms with van der Waals surface area (Å²) in [6, 6.07) is 8.55. The summed E-state index contributed by atoms with van der Waals surface area (Å²) < 4.78 is 10.9. The van der Waals surface area contributed by atoms with Crippen LogP contribution in [0.4, 0.5) is 0 Å². The van der Waals surface area contributed by atoms with Gasteiger partial charge in [-0.1, -0.05) is 39.0 Å². The summed E-state index contributed by atoms with van der Waals surface area (Å²) in [5.41, 5.74) is 1.22. The average Bonchev–Trinajstić information content (AvgIpc) is 2.41. The molecule has 2 unspecified atom stereocenters. The topological polar surface area (TPSA) is 30.5 Å². The summed E-state index contributed by atoms with van der Waals surface area (Å²) >= 11 is 0. The average molecular weight is 265 g/mol. The zero-order valence-corrected chi connectivity index (χ0v) is 12.8. The van der Waals surface area contributed by atoms with E-state index in [0.717, 1.165) is 5.75 Å². The highest BCUT2D eigenvalue weighted by atomic mass is 16.5. The van der Waals surface area contributed by atoms with Gasteiger partial charge in [-0.15, -0.1) is 0 Å². The molecule has 0 aliphatic heterocycles. The molecule has 3 nitrogen and oxygen atoms in total. The Bertz CT molecular complexity index is 366. The van der Waals surface area contributed by atoms with Crippen molar-refractivity contribution in [3.05, 3.63) is 29.8 Å². The fraction of sp³-hybridized carbons (Fsp3) is 0.625. The minimum absolute atomic E-state index is 0.304. The summed E-state index contributed by atoms with van der Waals surface area (Å²) in [4.78, 5) is 0. The van der Waals surface area contributed by atoms with E-state index in [0.29, 0.717) is 31.1 Å². The van der Waals surface area contributed by atoms with Gasteiger partial charge in [0.1, 0.15) is 12.4 Å². The number of benzene rings is 1. The lowest BCUT2D eigenvalue weighted by Gasteiger charge is -2.28. The van der Waals surface area contributed by atoms with Crippen molar-refractivity contribution < 1.29 is 9.47 Å². The molecule has 19 heavy (non-hydrogen) atoms. The fourth-order valence-corrected chi connectivity index (χ4v) is 2.19. The van der Waals surface area contributed by atoms with Crippen LogP contribution < -0.4 is 10.1 Å². The van der Waals surface area contributed by atoms with E-state index < -0.39 is 0 Å². The van der Waals surface area contributed by atoms with Gasteiger partial charge in [0.05, 0.1) is 6.61 Å². The molecule has 3 heteroatoms. The van der Waals surface area contributed by atoms with Crippen LogP contribution >= 0.6 is 0 Å². The highest BCUT2D eigenvalue weighted by Gasteiger charge is 2.23. The minimum Gasteiger partial charge on any atom is -0.491 e. The molecule has 108 valence electrons. The Morgan fingerprint density at radius 3 is 2.37 bits per heavy atom. The molecular weight excluding hydrogens is 238 g/mol. The molecule has 1 aromatic carbocycles. The van der Waals surface area contributed by atoms with Gasteiger partial charge in [0.25, 0.3) is 0 Å². The summed E-state index contributed by atoms with van der Waals surface area (Å²) in [5, 5.41) is 3.42. The Balaban J connectivity index is 2.90. The van der Waals surface area contributed by atoms with Crippen molar-refractivity contribution in [3.63, 3.8) is 0 Å². The van der Waals surface area contributed by atoms with E-state index in [2.05, 4.69) is 38.2 Å². The molecule has 0 saturated carbocycles. The zero-order chi connectivity index (χ0) is 14.3. The maximum Gasteiger partial charge on any atom is 0.124 e. The molecule has 0 saturated heterocycles. The Morgan fingerprint density at radius 2 is 1.79 bits per heavy atom. The number of hydrogen-bond acceptors (Lipinski definition) is 3. The van der Waals surface area contributed by atoms with Crippen LogP contribution in [0.2, 0.25) is 0 Å². The normalized spacial score (nSPS) is 14.4. The number of methoxy groups -OCH3 is 1. The van der Waals surface area contributed by atoms with Crippen LogP contribution in [0, 0.1) is 11.8 Å². The lowest BCUT2D eigenvalue weighted by atomic mass is 9.86. The van der Waals surface area contributed by atoms with Gasteiger partial charge in [-0.2, -0.15) is 0 Å². The van der Waals surface area contributed by atoms with Crippen LogP contribution in [0.3, 0.4) is 0 Å². The smallest absolute Gasteiger partial charge is 0.124 e. The van der Waals surface area contributed by atoms with E-state index >= 15 is 0 Å². The summed E-state index contributed by atoms with van der Waals surface area (Å²) in [6.45, 7) is 7.98. The van der Waals surface area contributed by atoms with Crippen molar-refractivity contribution in [2.24, 2.45) is 11.8 Å². The molecule has 1 rings (SSSR count). The molecule has 0 fully saturated rings. The Morgan fingerprint density at radius 1 is 1.11 bits per heavy atom. The second-order valence-electron chi connectivity index (χ2n) is 5.25. The van der Waals surface area contributed by atoms with Gasteiger partial charge in [0, 0.05) is 18.7 Å². The van der Waals surface area contributed by atoms with Crippen molar-refractivity contribution in [1.29, 1.82) is 0 Å². The van der Waals surface area contributed by atoms with Crippen LogP contribution in [0.5, 0.6) is 5.75 Å². The van der Waals surface area contributed by atoms with Crippen molar-refractivity contribution in [3.8, 4) is 5.75 Å². The number of ether oxygens (including phenoxy) is 2. The molecule has 0 aromatic heterocycles. The van der Waals surface area contributed by atoms with Gasteiger partial charge in [0.2, 0.25) is 0 Å². The predicted octanol–water partition coefficient (Wildman–Crippen LogP) is 3.26. The molecule has 2 atom stereocenters. The van der Waals surface area contributed by atoms with Gasteiger partial charge in [-0.3, -0.25) is 0 Å². The van der Waals surface area contributed by atoms with E-state index in [1.165, 1.54) is 5.56 Å². The lowest BCUT2D eigenvalue weighted by molar-refractivity contribution is 0.144. The largest absolute Gasteiger partial charge is 0.491 e. The van der Waals surface area contributed by atoms with Gasteiger partial charge in [-0.25, -0.2) is 0 Å². The fourth-order valence-electron chi connectivity index (χ4n) is 2.19. The Labute approximate surface area is 117 Å². The van der Waals surface area contributed by atoms with E-state index in [9.17, 15) is 0 Å². The first-order valence-corrected chi connectivity index (χ1v) is 6.99. The van der Waals surface area contributed by atoms with Gasteiger partial charge >= 0.3 is 0 Å². The molecule has 0 radical (unpaired) electrons. The number of rotatable bonds is 8. The molecule has 1 N–H and O–H groups in total. The maximum atomic E-state index is 5.83. The van der Waals surface area contributed by atoms with Crippen LogP contribution in [0.25, 0.3) is 0 Å². The van der Waals surface area contributed by atoms with Crippen LogP contribution in [-0.4, -0.2) is 27.4 Å². The van der Waals surface area contributed by atoms with Crippen molar-refractivity contribution in [2.45, 2.75) is 26.8 Å². The monoisotopic (exact) mass is 265 g/mol. The van der Waals surface area contributed by atoms with E-state index in [4.69, 9.17) is 9.47 Å². The molecule has 0 aliphatic carbocycles. The summed E-state index contributed by atoms with van der Waals surface area (Å²) in [6.07, 6.45) is 0. The van der Waals surface area contributed by atoms with Crippen LogP contribution in [0.15, 0.2) is 24.3 Å². The second-order valence-corrected chi connectivity index (χ2v) is 5.25. The Kier molecular flexibility index (Phi) is 6.89. The number of hydrogen-bond donors (Lipinski definition) is 1. The van der Waals surface area contributed by atoms with E-state index in [-0.39, 0.29) is 0 Å². The molecule has 0 amide bonds. The molecule has 0 spiro atoms. The Hall–Kier alpha value is -1.06. The summed E-state index contributed by atoms with van der Waals surface area (Å²) in [7, 11) is 3.70. The third kappa shape index (κ3) is 4.51. The second kappa shape index (κ2) is 8.18. The third-order valence-electron chi connectivity index (χ3n) is 3.69. The lowest BCUT2D eigenvalue weighted by Crippen LogP contribution is -2.27. The molecule has 0 aliphatic rings. The van der Waals surface area contributed by atoms with Crippen molar-refractivity contribution in [2.75, 3.05) is 27.4 Å². The van der Waals surface area contributed by atoms with Gasteiger partial charge in [0.15, 0.2) is 0 Å². The molecule has 0 heterocycles. The maximum absolute atomic E-state index is 5.83. The quantitative estimate of drug-likeness (QED) is 0.732. The molecule has 1 aromatic rings. The highest BCUT2D eigenvalue weighted by Crippen LogP contribution is 2.33. The van der Waals surface area contributed by atoms with Crippen molar-refractivity contribution >= 4 is 0 Å². The van der Waals surface area contributed by atoms with Gasteiger partial charge < -0.3 is 14.8 Å². The first-order valence-electron chi connectivity index (χ1n) is 6.99. The SMILES string of the molecule is CNC(c1ccccc1OCCOC)C(C)C(C)C. The van der Waals surface area contributed by atoms with Gasteiger partial charge in [-0.05, 0) is 24.9 Å². The number of nitrogens with one attached hydrogen (secondary N) is 1. The third-order valence-corrected chi connectivity index (χ3v) is 3.69.